The molecule has 0 radical (unpaired) electrons. The summed E-state index contributed by atoms with van der Waals surface area (Å²) >= 11 is 0. The van der Waals surface area contributed by atoms with Gasteiger partial charge in [-0.05, 0) is 19.3 Å². The Labute approximate surface area is 86.0 Å². The van der Waals surface area contributed by atoms with Crippen LogP contribution >= 0.6 is 0 Å². The summed E-state index contributed by atoms with van der Waals surface area (Å²) in [6, 6.07) is 0.152. The summed E-state index contributed by atoms with van der Waals surface area (Å²) < 4.78 is 25.0. The molecule has 0 aromatic carbocycles. The predicted octanol–water partition coefficient (Wildman–Crippen LogP) is 0.573. The standard InChI is InChI=1S/C9H19NO3S/c1-2-8-14(12,13)10(6-7-11)9-4-3-5-9/h9,11H,2-8H2,1H3. The molecule has 0 saturated heterocycles. The Morgan fingerprint density at radius 3 is 2.43 bits per heavy atom. The summed E-state index contributed by atoms with van der Waals surface area (Å²) in [5.41, 5.74) is 0. The first kappa shape index (κ1) is 11.9. The second-order valence-electron chi connectivity index (χ2n) is 3.74. The Balaban J connectivity index is 2.65. The van der Waals surface area contributed by atoms with Crippen LogP contribution in [0.15, 0.2) is 0 Å². The maximum Gasteiger partial charge on any atom is 0.214 e. The quantitative estimate of drug-likeness (QED) is 0.713. The van der Waals surface area contributed by atoms with E-state index in [-0.39, 0.29) is 24.9 Å². The summed E-state index contributed by atoms with van der Waals surface area (Å²) in [6.07, 6.45) is 3.64. The van der Waals surface area contributed by atoms with Crippen molar-refractivity contribution in [2.24, 2.45) is 0 Å². The topological polar surface area (TPSA) is 57.6 Å². The van der Waals surface area contributed by atoms with Gasteiger partial charge >= 0.3 is 0 Å². The van der Waals surface area contributed by atoms with Crippen LogP contribution in [-0.4, -0.2) is 42.8 Å². The van der Waals surface area contributed by atoms with Gasteiger partial charge in [0.25, 0.3) is 0 Å². The van der Waals surface area contributed by atoms with Gasteiger partial charge in [-0.3, -0.25) is 0 Å². The van der Waals surface area contributed by atoms with Gasteiger partial charge in [-0.15, -0.1) is 0 Å². The van der Waals surface area contributed by atoms with Gasteiger partial charge < -0.3 is 5.11 Å². The lowest BCUT2D eigenvalue weighted by molar-refractivity contribution is 0.178. The molecule has 0 bridgehead atoms. The maximum absolute atomic E-state index is 11.8. The smallest absolute Gasteiger partial charge is 0.214 e. The van der Waals surface area contributed by atoms with E-state index in [1.54, 1.807) is 0 Å². The van der Waals surface area contributed by atoms with Gasteiger partial charge in [-0.1, -0.05) is 13.3 Å². The molecule has 0 amide bonds. The Morgan fingerprint density at radius 1 is 1.43 bits per heavy atom. The van der Waals surface area contributed by atoms with E-state index in [4.69, 9.17) is 5.11 Å². The first-order valence-corrected chi connectivity index (χ1v) is 6.83. The van der Waals surface area contributed by atoms with E-state index in [1.165, 1.54) is 4.31 Å². The summed E-state index contributed by atoms with van der Waals surface area (Å²) in [6.45, 7) is 2.03. The van der Waals surface area contributed by atoms with Gasteiger partial charge in [0.2, 0.25) is 10.0 Å². The monoisotopic (exact) mass is 221 g/mol. The van der Waals surface area contributed by atoms with Crippen LogP contribution in [0.2, 0.25) is 0 Å². The highest BCUT2D eigenvalue weighted by atomic mass is 32.2. The summed E-state index contributed by atoms with van der Waals surface area (Å²) in [7, 11) is -3.12. The number of sulfonamides is 1. The first-order valence-electron chi connectivity index (χ1n) is 5.22. The second kappa shape index (κ2) is 5.09. The van der Waals surface area contributed by atoms with E-state index in [1.807, 2.05) is 6.92 Å². The zero-order valence-corrected chi connectivity index (χ0v) is 9.46. The largest absolute Gasteiger partial charge is 0.395 e. The number of rotatable bonds is 6. The molecule has 4 nitrogen and oxygen atoms in total. The third-order valence-electron chi connectivity index (χ3n) is 2.62. The van der Waals surface area contributed by atoms with E-state index in [2.05, 4.69) is 0 Å². The molecule has 5 heteroatoms. The lowest BCUT2D eigenvalue weighted by Crippen LogP contribution is -2.46. The number of hydrogen-bond acceptors (Lipinski definition) is 3. The van der Waals surface area contributed by atoms with Gasteiger partial charge in [0.15, 0.2) is 0 Å². The summed E-state index contributed by atoms with van der Waals surface area (Å²) in [5, 5.41) is 8.83. The zero-order chi connectivity index (χ0) is 10.6. The van der Waals surface area contributed by atoms with Crippen LogP contribution in [0.3, 0.4) is 0 Å². The molecule has 0 atom stereocenters. The molecule has 1 aliphatic rings. The van der Waals surface area contributed by atoms with Crippen LogP contribution < -0.4 is 0 Å². The van der Waals surface area contributed by atoms with Crippen molar-refractivity contribution in [1.82, 2.24) is 4.31 Å². The molecule has 0 aliphatic heterocycles. The van der Waals surface area contributed by atoms with Crippen molar-refractivity contribution in [2.75, 3.05) is 18.9 Å². The minimum atomic E-state index is -3.12. The SMILES string of the molecule is CCCS(=O)(=O)N(CCO)C1CCC1. The third-order valence-corrected chi connectivity index (χ3v) is 4.74. The molecule has 0 aromatic heterocycles. The fourth-order valence-electron chi connectivity index (χ4n) is 1.70. The Hall–Kier alpha value is -0.130. The van der Waals surface area contributed by atoms with Gasteiger partial charge in [-0.25, -0.2) is 8.42 Å². The summed E-state index contributed by atoms with van der Waals surface area (Å²) in [5.74, 6) is 0.198. The highest BCUT2D eigenvalue weighted by molar-refractivity contribution is 7.89. The molecule has 0 unspecified atom stereocenters. The predicted molar refractivity (Wildman–Crippen MR) is 55.5 cm³/mol. The zero-order valence-electron chi connectivity index (χ0n) is 8.65. The average Bonchev–Trinajstić information content (AvgIpc) is 2.00. The van der Waals surface area contributed by atoms with Crippen LogP contribution in [0, 0.1) is 0 Å². The number of aliphatic hydroxyl groups excluding tert-OH is 1. The molecule has 0 heterocycles. The first-order chi connectivity index (χ1) is 6.61. The fraction of sp³-hybridized carbons (Fsp3) is 1.00. The van der Waals surface area contributed by atoms with E-state index in [0.717, 1.165) is 19.3 Å². The molecular weight excluding hydrogens is 202 g/mol. The molecule has 1 aliphatic carbocycles. The average molecular weight is 221 g/mol. The van der Waals surface area contributed by atoms with Gasteiger partial charge in [0.05, 0.1) is 12.4 Å². The van der Waals surface area contributed by atoms with Crippen molar-refractivity contribution in [2.45, 2.75) is 38.6 Å². The van der Waals surface area contributed by atoms with Crippen molar-refractivity contribution in [3.8, 4) is 0 Å². The Morgan fingerprint density at radius 2 is 2.07 bits per heavy atom. The van der Waals surface area contributed by atoms with Crippen molar-refractivity contribution >= 4 is 10.0 Å². The molecule has 0 spiro atoms. The minimum absolute atomic E-state index is 0.0839. The molecule has 84 valence electrons. The van der Waals surface area contributed by atoms with Crippen LogP contribution in [0.5, 0.6) is 0 Å². The molecular formula is C9H19NO3S. The number of aliphatic hydroxyl groups is 1. The molecule has 1 rings (SSSR count). The highest BCUT2D eigenvalue weighted by Crippen LogP contribution is 2.27. The van der Waals surface area contributed by atoms with Crippen LogP contribution in [-0.2, 0) is 10.0 Å². The maximum atomic E-state index is 11.8. The fourth-order valence-corrected chi connectivity index (χ4v) is 3.47. The van der Waals surface area contributed by atoms with Crippen molar-refractivity contribution in [3.63, 3.8) is 0 Å². The van der Waals surface area contributed by atoms with Crippen molar-refractivity contribution < 1.29 is 13.5 Å². The van der Waals surface area contributed by atoms with Crippen LogP contribution in [0.25, 0.3) is 0 Å². The molecule has 1 N–H and O–H groups in total. The minimum Gasteiger partial charge on any atom is -0.395 e. The molecule has 1 saturated carbocycles. The Kier molecular flexibility index (Phi) is 4.34. The molecule has 0 aromatic rings. The van der Waals surface area contributed by atoms with Gasteiger partial charge in [-0.2, -0.15) is 4.31 Å². The van der Waals surface area contributed by atoms with Crippen LogP contribution in [0.4, 0.5) is 0 Å². The van der Waals surface area contributed by atoms with Crippen LogP contribution in [0.1, 0.15) is 32.6 Å². The van der Waals surface area contributed by atoms with Gasteiger partial charge in [0, 0.05) is 12.6 Å². The lowest BCUT2D eigenvalue weighted by atomic mass is 9.93. The van der Waals surface area contributed by atoms with Crippen molar-refractivity contribution in [3.05, 3.63) is 0 Å². The lowest BCUT2D eigenvalue weighted by Gasteiger charge is -2.36. The molecule has 14 heavy (non-hydrogen) atoms. The number of nitrogens with zero attached hydrogens (tertiary/aromatic N) is 1. The second-order valence-corrected chi connectivity index (χ2v) is 5.78. The van der Waals surface area contributed by atoms with Crippen molar-refractivity contribution in [1.29, 1.82) is 0 Å². The van der Waals surface area contributed by atoms with E-state index < -0.39 is 10.0 Å². The third kappa shape index (κ3) is 2.68. The van der Waals surface area contributed by atoms with E-state index in [9.17, 15) is 8.42 Å². The highest BCUT2D eigenvalue weighted by Gasteiger charge is 2.32. The van der Waals surface area contributed by atoms with Gasteiger partial charge in [0.1, 0.15) is 0 Å². The Bertz CT molecular complexity index is 259. The van der Waals surface area contributed by atoms with E-state index >= 15 is 0 Å². The normalized spacial score (nSPS) is 18.5. The summed E-state index contributed by atoms with van der Waals surface area (Å²) in [4.78, 5) is 0. The number of hydrogen-bond donors (Lipinski definition) is 1. The van der Waals surface area contributed by atoms with E-state index in [0.29, 0.717) is 6.42 Å². The molecule has 1 fully saturated rings.